The summed E-state index contributed by atoms with van der Waals surface area (Å²) in [5.41, 5.74) is 7.51. The van der Waals surface area contributed by atoms with Gasteiger partial charge in [-0.05, 0) is 28.4 Å². The van der Waals surface area contributed by atoms with Gasteiger partial charge in [0.1, 0.15) is 5.82 Å². The Morgan fingerprint density at radius 2 is 2.28 bits per heavy atom. The zero-order valence-corrected chi connectivity index (χ0v) is 11.2. The van der Waals surface area contributed by atoms with E-state index in [-0.39, 0.29) is 5.69 Å². The van der Waals surface area contributed by atoms with E-state index in [1.54, 1.807) is 16.8 Å². The second-order valence-corrected chi connectivity index (χ2v) is 4.66. The number of aryl methyl sites for hydroxylation is 1. The molecular weight excluding hydrogens is 300 g/mol. The molecule has 6 nitrogen and oxygen atoms in total. The van der Waals surface area contributed by atoms with Crippen molar-refractivity contribution in [2.24, 2.45) is 0 Å². The molecule has 0 bridgehead atoms. The second kappa shape index (κ2) is 4.77. The number of non-ortho nitro benzene ring substituents is 1. The minimum atomic E-state index is -0.420. The predicted molar refractivity (Wildman–Crippen MR) is 71.3 cm³/mol. The number of rotatable bonds is 3. The van der Waals surface area contributed by atoms with Gasteiger partial charge in [-0.25, -0.2) is 4.68 Å². The number of nitro groups is 1. The molecule has 0 aliphatic carbocycles. The zero-order chi connectivity index (χ0) is 13.3. The third-order valence-electron chi connectivity index (χ3n) is 2.55. The Balaban J connectivity index is 2.31. The molecule has 0 amide bonds. The normalized spacial score (nSPS) is 10.6. The quantitative estimate of drug-likeness (QED) is 0.697. The fraction of sp³-hybridized carbons (Fsp3) is 0.182. The Labute approximate surface area is 112 Å². The molecule has 0 unspecified atom stereocenters. The first-order valence-corrected chi connectivity index (χ1v) is 6.00. The number of nitrogens with two attached hydrogens (primary N) is 1. The van der Waals surface area contributed by atoms with Crippen LogP contribution >= 0.6 is 15.9 Å². The Kier molecular flexibility index (Phi) is 3.33. The maximum absolute atomic E-state index is 10.7. The molecule has 0 aliphatic heterocycles. The van der Waals surface area contributed by atoms with Crippen LogP contribution in [0.3, 0.4) is 0 Å². The minimum Gasteiger partial charge on any atom is -0.383 e. The second-order valence-electron chi connectivity index (χ2n) is 3.87. The van der Waals surface area contributed by atoms with E-state index in [1.165, 1.54) is 12.1 Å². The van der Waals surface area contributed by atoms with Crippen molar-refractivity contribution in [3.05, 3.63) is 50.1 Å². The molecule has 2 aromatic rings. The van der Waals surface area contributed by atoms with Crippen molar-refractivity contribution in [3.8, 4) is 0 Å². The summed E-state index contributed by atoms with van der Waals surface area (Å²) in [5, 5.41) is 14.9. The van der Waals surface area contributed by atoms with E-state index in [4.69, 9.17) is 5.73 Å². The number of anilines is 1. The van der Waals surface area contributed by atoms with Crippen LogP contribution in [0.5, 0.6) is 0 Å². The highest BCUT2D eigenvalue weighted by molar-refractivity contribution is 9.10. The molecule has 7 heteroatoms. The van der Waals surface area contributed by atoms with E-state index in [0.29, 0.717) is 12.4 Å². The Morgan fingerprint density at radius 1 is 1.56 bits per heavy atom. The summed E-state index contributed by atoms with van der Waals surface area (Å²) in [5.74, 6) is 0.513. The van der Waals surface area contributed by atoms with E-state index >= 15 is 0 Å². The van der Waals surface area contributed by atoms with E-state index < -0.39 is 4.92 Å². The zero-order valence-electron chi connectivity index (χ0n) is 9.63. The highest BCUT2D eigenvalue weighted by Gasteiger charge is 2.11. The maximum Gasteiger partial charge on any atom is 0.269 e. The van der Waals surface area contributed by atoms with Gasteiger partial charge < -0.3 is 5.73 Å². The summed E-state index contributed by atoms with van der Waals surface area (Å²) in [6.45, 7) is 2.24. The molecule has 0 radical (unpaired) electrons. The molecule has 94 valence electrons. The monoisotopic (exact) mass is 310 g/mol. The van der Waals surface area contributed by atoms with E-state index in [1.807, 2.05) is 6.92 Å². The average Bonchev–Trinajstić information content (AvgIpc) is 2.57. The number of halogens is 1. The van der Waals surface area contributed by atoms with Crippen LogP contribution in [0.15, 0.2) is 28.7 Å². The molecule has 0 spiro atoms. The molecule has 2 rings (SSSR count). The van der Waals surface area contributed by atoms with Crippen LogP contribution in [-0.4, -0.2) is 14.7 Å². The number of aromatic nitrogens is 2. The first-order valence-electron chi connectivity index (χ1n) is 5.20. The predicted octanol–water partition coefficient (Wildman–Crippen LogP) is 2.49. The van der Waals surface area contributed by atoms with Gasteiger partial charge in [0.25, 0.3) is 5.69 Å². The maximum atomic E-state index is 10.7. The van der Waals surface area contributed by atoms with E-state index in [0.717, 1.165) is 15.7 Å². The van der Waals surface area contributed by atoms with Gasteiger partial charge in [-0.3, -0.25) is 10.1 Å². The molecule has 1 heterocycles. The highest BCUT2D eigenvalue weighted by Crippen LogP contribution is 2.24. The molecule has 0 saturated carbocycles. The lowest BCUT2D eigenvalue weighted by Crippen LogP contribution is -2.06. The molecule has 1 aromatic carbocycles. The van der Waals surface area contributed by atoms with Gasteiger partial charge in [0.05, 0.1) is 21.6 Å². The van der Waals surface area contributed by atoms with Gasteiger partial charge >= 0.3 is 0 Å². The van der Waals surface area contributed by atoms with Gasteiger partial charge in [-0.1, -0.05) is 12.1 Å². The Bertz CT molecular complexity index is 609. The Morgan fingerprint density at radius 3 is 2.83 bits per heavy atom. The van der Waals surface area contributed by atoms with Crippen molar-refractivity contribution in [1.29, 1.82) is 0 Å². The number of benzene rings is 1. The third kappa shape index (κ3) is 2.35. The topological polar surface area (TPSA) is 87.0 Å². The minimum absolute atomic E-state index is 0.0639. The summed E-state index contributed by atoms with van der Waals surface area (Å²) < 4.78 is 2.37. The van der Waals surface area contributed by atoms with Crippen LogP contribution in [0, 0.1) is 17.0 Å². The van der Waals surface area contributed by atoms with Crippen molar-refractivity contribution in [2.75, 3.05) is 5.73 Å². The fourth-order valence-electron chi connectivity index (χ4n) is 1.64. The third-order valence-corrected chi connectivity index (χ3v) is 3.53. The standard InChI is InChI=1S/C11H11BrN4O2/c1-7-10(12)11(13)15(14-7)6-8-3-2-4-9(5-8)16(17)18/h2-5H,6,13H2,1H3. The average molecular weight is 311 g/mol. The van der Waals surface area contributed by atoms with E-state index in [2.05, 4.69) is 21.0 Å². The van der Waals surface area contributed by atoms with Crippen molar-refractivity contribution in [2.45, 2.75) is 13.5 Å². The van der Waals surface area contributed by atoms with Crippen LogP contribution in [0.1, 0.15) is 11.3 Å². The lowest BCUT2D eigenvalue weighted by Gasteiger charge is -2.04. The van der Waals surface area contributed by atoms with Gasteiger partial charge in [0.2, 0.25) is 0 Å². The molecule has 2 N–H and O–H groups in total. The van der Waals surface area contributed by atoms with Crippen molar-refractivity contribution < 1.29 is 4.92 Å². The molecule has 18 heavy (non-hydrogen) atoms. The number of hydrogen-bond acceptors (Lipinski definition) is 4. The molecule has 1 aromatic heterocycles. The summed E-state index contributed by atoms with van der Waals surface area (Å²) in [6, 6.07) is 6.42. The largest absolute Gasteiger partial charge is 0.383 e. The SMILES string of the molecule is Cc1nn(Cc2cccc([N+](=O)[O-])c2)c(N)c1Br. The lowest BCUT2D eigenvalue weighted by atomic mass is 10.2. The molecule has 0 fully saturated rings. The van der Waals surface area contributed by atoms with Gasteiger partial charge in [0, 0.05) is 12.1 Å². The van der Waals surface area contributed by atoms with Crippen LogP contribution in [0.25, 0.3) is 0 Å². The first-order chi connectivity index (χ1) is 8.49. The van der Waals surface area contributed by atoms with Crippen LogP contribution < -0.4 is 5.73 Å². The van der Waals surface area contributed by atoms with Crippen molar-refractivity contribution in [3.63, 3.8) is 0 Å². The van der Waals surface area contributed by atoms with Gasteiger partial charge in [-0.15, -0.1) is 0 Å². The van der Waals surface area contributed by atoms with Crippen LogP contribution in [0.4, 0.5) is 11.5 Å². The first kappa shape index (κ1) is 12.6. The molecule has 0 saturated heterocycles. The lowest BCUT2D eigenvalue weighted by molar-refractivity contribution is -0.384. The highest BCUT2D eigenvalue weighted by atomic mass is 79.9. The van der Waals surface area contributed by atoms with Gasteiger partial charge in [0.15, 0.2) is 0 Å². The summed E-state index contributed by atoms with van der Waals surface area (Å²) in [6.07, 6.45) is 0. The number of nitrogens with zero attached hydrogens (tertiary/aromatic N) is 3. The molecule has 0 aliphatic rings. The summed E-state index contributed by atoms with van der Waals surface area (Å²) in [7, 11) is 0. The van der Waals surface area contributed by atoms with Crippen molar-refractivity contribution >= 4 is 27.4 Å². The van der Waals surface area contributed by atoms with Crippen LogP contribution in [-0.2, 0) is 6.54 Å². The molecule has 0 atom stereocenters. The summed E-state index contributed by atoms with van der Waals surface area (Å²) in [4.78, 5) is 10.3. The van der Waals surface area contributed by atoms with Crippen molar-refractivity contribution in [1.82, 2.24) is 9.78 Å². The molecular formula is C11H11BrN4O2. The summed E-state index contributed by atoms with van der Waals surface area (Å²) >= 11 is 3.33. The number of hydrogen-bond donors (Lipinski definition) is 1. The van der Waals surface area contributed by atoms with E-state index in [9.17, 15) is 10.1 Å². The Hall–Kier alpha value is -1.89. The van der Waals surface area contributed by atoms with Crippen LogP contribution in [0.2, 0.25) is 0 Å². The number of nitrogen functional groups attached to an aromatic ring is 1. The number of nitro benzene ring substituents is 1. The fourth-order valence-corrected chi connectivity index (χ4v) is 1.92. The van der Waals surface area contributed by atoms with Gasteiger partial charge in [-0.2, -0.15) is 5.10 Å². The smallest absolute Gasteiger partial charge is 0.269 e.